The van der Waals surface area contributed by atoms with Gasteiger partial charge in [0, 0.05) is 17.5 Å². The normalized spacial score (nSPS) is 23.5. The van der Waals surface area contributed by atoms with Crippen molar-refractivity contribution in [2.24, 2.45) is 16.6 Å². The molecule has 0 heterocycles. The summed E-state index contributed by atoms with van der Waals surface area (Å²) in [6.07, 6.45) is 4.19. The van der Waals surface area contributed by atoms with Gasteiger partial charge < -0.3 is 10.8 Å². The zero-order valence-corrected chi connectivity index (χ0v) is 13.5. The Labute approximate surface area is 127 Å². The first-order valence-corrected chi connectivity index (χ1v) is 7.98. The van der Waals surface area contributed by atoms with E-state index in [0.29, 0.717) is 18.5 Å². The summed E-state index contributed by atoms with van der Waals surface area (Å²) in [5.41, 5.74) is 5.15. The molecule has 2 rings (SSSR count). The molecule has 1 aliphatic carbocycles. The number of aliphatic hydroxyl groups is 1. The van der Waals surface area contributed by atoms with E-state index in [1.807, 2.05) is 6.92 Å². The van der Waals surface area contributed by atoms with Crippen LogP contribution in [0.4, 0.5) is 4.39 Å². The Hall–Kier alpha value is -0.930. The number of halogens is 1. The standard InChI is InChI=1S/C18H28FNO/c1-4-18(21,14-7-5-6-8-15(14)19)17(13-20)11-9-16(2,3)10-12-17/h5-8,21H,4,9-13,20H2,1-3H3. The van der Waals surface area contributed by atoms with Gasteiger partial charge >= 0.3 is 0 Å². The first-order chi connectivity index (χ1) is 9.80. The molecule has 1 unspecified atom stereocenters. The van der Waals surface area contributed by atoms with Crippen molar-refractivity contribution in [2.45, 2.75) is 58.5 Å². The second kappa shape index (κ2) is 5.69. The maximum absolute atomic E-state index is 14.3. The van der Waals surface area contributed by atoms with Gasteiger partial charge in [-0.15, -0.1) is 0 Å². The molecule has 3 N–H and O–H groups in total. The average molecular weight is 293 g/mol. The van der Waals surface area contributed by atoms with Crippen LogP contribution in [0.5, 0.6) is 0 Å². The maximum atomic E-state index is 14.3. The highest BCUT2D eigenvalue weighted by molar-refractivity contribution is 5.28. The van der Waals surface area contributed by atoms with Crippen molar-refractivity contribution in [2.75, 3.05) is 6.54 Å². The van der Waals surface area contributed by atoms with Gasteiger partial charge in [0.25, 0.3) is 0 Å². The van der Waals surface area contributed by atoms with Gasteiger partial charge in [-0.2, -0.15) is 0 Å². The minimum absolute atomic E-state index is 0.280. The molecule has 0 aliphatic heterocycles. The smallest absolute Gasteiger partial charge is 0.129 e. The fourth-order valence-electron chi connectivity index (χ4n) is 3.84. The van der Waals surface area contributed by atoms with E-state index in [2.05, 4.69) is 13.8 Å². The fraction of sp³-hybridized carbons (Fsp3) is 0.667. The lowest BCUT2D eigenvalue weighted by Gasteiger charge is -2.52. The van der Waals surface area contributed by atoms with Gasteiger partial charge in [-0.1, -0.05) is 39.0 Å². The first kappa shape index (κ1) is 16.4. The molecule has 1 aliphatic rings. The molecule has 2 nitrogen and oxygen atoms in total. The summed E-state index contributed by atoms with van der Waals surface area (Å²) in [5, 5.41) is 11.4. The van der Waals surface area contributed by atoms with E-state index >= 15 is 0 Å². The highest BCUT2D eigenvalue weighted by atomic mass is 19.1. The Bertz CT molecular complexity index is 490. The van der Waals surface area contributed by atoms with Crippen molar-refractivity contribution in [3.8, 4) is 0 Å². The minimum Gasteiger partial charge on any atom is -0.384 e. The number of benzene rings is 1. The summed E-state index contributed by atoms with van der Waals surface area (Å²) >= 11 is 0. The van der Waals surface area contributed by atoms with E-state index in [-0.39, 0.29) is 11.2 Å². The van der Waals surface area contributed by atoms with Crippen LogP contribution in [0.2, 0.25) is 0 Å². The largest absolute Gasteiger partial charge is 0.384 e. The van der Waals surface area contributed by atoms with Crippen LogP contribution in [-0.2, 0) is 5.60 Å². The molecule has 0 radical (unpaired) electrons. The third-order valence-corrected chi connectivity index (χ3v) is 5.66. The summed E-state index contributed by atoms with van der Waals surface area (Å²) in [5.74, 6) is -0.334. The molecule has 1 fully saturated rings. The average Bonchev–Trinajstić information content (AvgIpc) is 2.47. The Kier molecular flexibility index (Phi) is 4.46. The molecule has 0 aromatic heterocycles. The van der Waals surface area contributed by atoms with Gasteiger partial charge in [0.2, 0.25) is 0 Å². The van der Waals surface area contributed by atoms with Gasteiger partial charge in [0.15, 0.2) is 0 Å². The van der Waals surface area contributed by atoms with E-state index in [0.717, 1.165) is 25.7 Å². The van der Waals surface area contributed by atoms with Crippen LogP contribution >= 0.6 is 0 Å². The van der Waals surface area contributed by atoms with Crippen molar-refractivity contribution >= 4 is 0 Å². The quantitative estimate of drug-likeness (QED) is 0.882. The molecule has 0 spiro atoms. The number of hydrogen-bond donors (Lipinski definition) is 2. The zero-order valence-electron chi connectivity index (χ0n) is 13.5. The molecule has 1 saturated carbocycles. The topological polar surface area (TPSA) is 46.2 Å². The van der Waals surface area contributed by atoms with Gasteiger partial charge in [-0.05, 0) is 43.6 Å². The predicted molar refractivity (Wildman–Crippen MR) is 84.3 cm³/mol. The molecule has 1 aromatic rings. The fourth-order valence-corrected chi connectivity index (χ4v) is 3.84. The molecule has 1 atom stereocenters. The highest BCUT2D eigenvalue weighted by Gasteiger charge is 2.52. The molecule has 3 heteroatoms. The second-order valence-corrected chi connectivity index (χ2v) is 7.34. The van der Waals surface area contributed by atoms with E-state index in [1.165, 1.54) is 6.07 Å². The van der Waals surface area contributed by atoms with Crippen molar-refractivity contribution in [3.05, 3.63) is 35.6 Å². The summed E-state index contributed by atoms with van der Waals surface area (Å²) in [6.45, 7) is 6.81. The molecular formula is C18H28FNO. The van der Waals surface area contributed by atoms with Crippen molar-refractivity contribution in [1.29, 1.82) is 0 Å². The molecule has 0 saturated heterocycles. The van der Waals surface area contributed by atoms with E-state index in [9.17, 15) is 9.50 Å². The SMILES string of the molecule is CCC(O)(c1ccccc1F)C1(CN)CCC(C)(C)CC1. The van der Waals surface area contributed by atoms with Crippen LogP contribution in [0.15, 0.2) is 24.3 Å². The minimum atomic E-state index is -1.19. The number of hydrogen-bond acceptors (Lipinski definition) is 2. The predicted octanol–water partition coefficient (Wildman–Crippen LogP) is 3.97. The van der Waals surface area contributed by atoms with Crippen LogP contribution < -0.4 is 5.73 Å². The summed E-state index contributed by atoms with van der Waals surface area (Å²) in [7, 11) is 0. The molecule has 0 amide bonds. The van der Waals surface area contributed by atoms with Crippen LogP contribution in [-0.4, -0.2) is 11.7 Å². The summed E-state index contributed by atoms with van der Waals surface area (Å²) < 4.78 is 14.3. The van der Waals surface area contributed by atoms with Gasteiger partial charge in [0.1, 0.15) is 5.82 Å². The van der Waals surface area contributed by atoms with Crippen LogP contribution in [0, 0.1) is 16.6 Å². The van der Waals surface area contributed by atoms with Crippen molar-refractivity contribution in [1.82, 2.24) is 0 Å². The lowest BCUT2D eigenvalue weighted by Crippen LogP contribution is -2.53. The Balaban J connectivity index is 2.45. The monoisotopic (exact) mass is 293 g/mol. The van der Waals surface area contributed by atoms with E-state index in [1.54, 1.807) is 18.2 Å². The Morgan fingerprint density at radius 3 is 2.24 bits per heavy atom. The van der Waals surface area contributed by atoms with Crippen LogP contribution in [0.25, 0.3) is 0 Å². The second-order valence-electron chi connectivity index (χ2n) is 7.34. The lowest BCUT2D eigenvalue weighted by molar-refractivity contribution is -0.123. The lowest BCUT2D eigenvalue weighted by atomic mass is 9.56. The number of nitrogens with two attached hydrogens (primary N) is 1. The van der Waals surface area contributed by atoms with E-state index < -0.39 is 11.0 Å². The number of rotatable bonds is 4. The maximum Gasteiger partial charge on any atom is 0.129 e. The highest BCUT2D eigenvalue weighted by Crippen LogP contribution is 2.55. The summed E-state index contributed by atoms with van der Waals surface area (Å²) in [4.78, 5) is 0. The third-order valence-electron chi connectivity index (χ3n) is 5.66. The van der Waals surface area contributed by atoms with Gasteiger partial charge in [-0.3, -0.25) is 0 Å². The van der Waals surface area contributed by atoms with Crippen molar-refractivity contribution < 1.29 is 9.50 Å². The third kappa shape index (κ3) is 2.74. The Morgan fingerprint density at radius 2 is 1.76 bits per heavy atom. The Morgan fingerprint density at radius 1 is 1.19 bits per heavy atom. The molecule has 0 bridgehead atoms. The van der Waals surface area contributed by atoms with Crippen LogP contribution in [0.1, 0.15) is 58.4 Å². The summed E-state index contributed by atoms with van der Waals surface area (Å²) in [6, 6.07) is 6.58. The van der Waals surface area contributed by atoms with Crippen molar-refractivity contribution in [3.63, 3.8) is 0 Å². The molecule has 118 valence electrons. The van der Waals surface area contributed by atoms with E-state index in [4.69, 9.17) is 5.73 Å². The van der Waals surface area contributed by atoms with Crippen LogP contribution in [0.3, 0.4) is 0 Å². The van der Waals surface area contributed by atoms with Gasteiger partial charge in [-0.25, -0.2) is 4.39 Å². The molecular weight excluding hydrogens is 265 g/mol. The van der Waals surface area contributed by atoms with Gasteiger partial charge in [0.05, 0.1) is 5.60 Å². The zero-order chi connectivity index (χ0) is 15.7. The molecule has 21 heavy (non-hydrogen) atoms. The molecule has 1 aromatic carbocycles. The first-order valence-electron chi connectivity index (χ1n) is 7.98.